The minimum atomic E-state index is 0.527. The highest BCUT2D eigenvalue weighted by atomic mass is 16.5. The molecule has 0 saturated heterocycles. The number of nitrogens with one attached hydrogen (secondary N) is 1. The molecule has 6 heteroatoms. The minimum absolute atomic E-state index is 0.527. The number of hydrogen-bond donors (Lipinski definition) is 1. The van der Waals surface area contributed by atoms with E-state index in [9.17, 15) is 0 Å². The Labute approximate surface area is 159 Å². The van der Waals surface area contributed by atoms with Crippen LogP contribution in [0, 0.1) is 6.92 Å². The average molecular weight is 364 g/mol. The van der Waals surface area contributed by atoms with Gasteiger partial charge in [-0.3, -0.25) is 0 Å². The summed E-state index contributed by atoms with van der Waals surface area (Å²) in [5, 5.41) is 3.30. The average Bonchev–Trinajstić information content (AvgIpc) is 2.71. The largest absolute Gasteiger partial charge is 0.497 e. The van der Waals surface area contributed by atoms with Crippen molar-refractivity contribution in [3.05, 3.63) is 66.5 Å². The second-order valence-electron chi connectivity index (χ2n) is 6.00. The van der Waals surface area contributed by atoms with Crippen LogP contribution in [0.4, 0.5) is 17.3 Å². The molecule has 1 heterocycles. The topological polar surface area (TPSA) is 59.5 Å². The number of anilines is 3. The molecule has 140 valence electrons. The van der Waals surface area contributed by atoms with E-state index in [-0.39, 0.29) is 0 Å². The normalized spacial score (nSPS) is 10.3. The van der Waals surface area contributed by atoms with Crippen LogP contribution in [0.15, 0.2) is 60.7 Å². The molecule has 0 bridgehead atoms. The maximum Gasteiger partial charge on any atom is 0.138 e. The number of aryl methyl sites for hydroxylation is 1. The van der Waals surface area contributed by atoms with E-state index in [1.165, 1.54) is 0 Å². The molecule has 3 rings (SSSR count). The Bertz CT molecular complexity index is 854. The van der Waals surface area contributed by atoms with Gasteiger partial charge in [0.2, 0.25) is 0 Å². The number of aromatic nitrogens is 2. The molecular formula is C21H24N4O2. The van der Waals surface area contributed by atoms with Crippen molar-refractivity contribution in [1.82, 2.24) is 9.97 Å². The third kappa shape index (κ3) is 5.10. The third-order valence-corrected chi connectivity index (χ3v) is 4.05. The van der Waals surface area contributed by atoms with Gasteiger partial charge in [-0.2, -0.15) is 0 Å². The van der Waals surface area contributed by atoms with Crippen molar-refractivity contribution in [2.24, 2.45) is 0 Å². The van der Waals surface area contributed by atoms with Gasteiger partial charge in [-0.1, -0.05) is 18.2 Å². The van der Waals surface area contributed by atoms with Crippen LogP contribution in [0.5, 0.6) is 11.5 Å². The summed E-state index contributed by atoms with van der Waals surface area (Å²) in [6.45, 7) is 3.05. The van der Waals surface area contributed by atoms with E-state index in [0.717, 1.165) is 28.8 Å². The zero-order valence-corrected chi connectivity index (χ0v) is 15.8. The maximum absolute atomic E-state index is 5.73. The fourth-order valence-corrected chi connectivity index (χ4v) is 2.62. The first-order valence-electron chi connectivity index (χ1n) is 8.81. The van der Waals surface area contributed by atoms with Gasteiger partial charge in [-0.25, -0.2) is 9.97 Å². The fourth-order valence-electron chi connectivity index (χ4n) is 2.62. The number of methoxy groups -OCH3 is 1. The van der Waals surface area contributed by atoms with Crippen LogP contribution in [0.3, 0.4) is 0 Å². The molecule has 0 aliphatic rings. The lowest BCUT2D eigenvalue weighted by Crippen LogP contribution is -2.15. The van der Waals surface area contributed by atoms with E-state index >= 15 is 0 Å². The van der Waals surface area contributed by atoms with Crippen molar-refractivity contribution in [2.45, 2.75) is 6.92 Å². The number of rotatable bonds is 8. The van der Waals surface area contributed by atoms with Crippen molar-refractivity contribution >= 4 is 17.3 Å². The van der Waals surface area contributed by atoms with E-state index in [2.05, 4.69) is 15.3 Å². The van der Waals surface area contributed by atoms with Crippen molar-refractivity contribution in [3.8, 4) is 11.5 Å². The van der Waals surface area contributed by atoms with Gasteiger partial charge in [0.05, 0.1) is 13.7 Å². The number of benzene rings is 2. The molecule has 0 saturated carbocycles. The van der Waals surface area contributed by atoms with Crippen LogP contribution in [-0.2, 0) is 0 Å². The van der Waals surface area contributed by atoms with Gasteiger partial charge >= 0.3 is 0 Å². The standard InChI is InChI=1S/C21H24N4O2/c1-16-23-20(15-21(24-16)25(2)17-7-5-4-6-8-17)22-13-14-27-19-11-9-18(26-3)10-12-19/h4-12,15H,13-14H2,1-3H3,(H,22,23,24). The van der Waals surface area contributed by atoms with Crippen molar-refractivity contribution < 1.29 is 9.47 Å². The predicted molar refractivity (Wildman–Crippen MR) is 108 cm³/mol. The van der Waals surface area contributed by atoms with Gasteiger partial charge in [-0.15, -0.1) is 0 Å². The monoisotopic (exact) mass is 364 g/mol. The van der Waals surface area contributed by atoms with Crippen LogP contribution in [0.25, 0.3) is 0 Å². The summed E-state index contributed by atoms with van der Waals surface area (Å²) in [7, 11) is 3.64. The lowest BCUT2D eigenvalue weighted by Gasteiger charge is -2.19. The summed E-state index contributed by atoms with van der Waals surface area (Å²) in [6, 6.07) is 19.6. The second-order valence-corrected chi connectivity index (χ2v) is 6.00. The first-order chi connectivity index (χ1) is 13.2. The Morgan fingerprint density at radius 1 is 0.963 bits per heavy atom. The van der Waals surface area contributed by atoms with Crippen LogP contribution < -0.4 is 19.7 Å². The van der Waals surface area contributed by atoms with Crippen LogP contribution in [0.2, 0.25) is 0 Å². The van der Waals surface area contributed by atoms with E-state index in [1.807, 2.05) is 79.5 Å². The molecule has 0 spiro atoms. The highest BCUT2D eigenvalue weighted by Crippen LogP contribution is 2.23. The van der Waals surface area contributed by atoms with Crippen molar-refractivity contribution in [3.63, 3.8) is 0 Å². The molecule has 2 aromatic carbocycles. The molecule has 1 N–H and O–H groups in total. The summed E-state index contributed by atoms with van der Waals surface area (Å²) in [5.41, 5.74) is 1.07. The Hall–Kier alpha value is -3.28. The first kappa shape index (κ1) is 18.5. The molecule has 27 heavy (non-hydrogen) atoms. The van der Waals surface area contributed by atoms with Gasteiger partial charge in [0.1, 0.15) is 35.6 Å². The minimum Gasteiger partial charge on any atom is -0.497 e. The van der Waals surface area contributed by atoms with Crippen LogP contribution in [-0.4, -0.2) is 37.3 Å². The predicted octanol–water partition coefficient (Wildman–Crippen LogP) is 4.05. The highest BCUT2D eigenvalue weighted by molar-refractivity contribution is 5.61. The Morgan fingerprint density at radius 3 is 2.37 bits per heavy atom. The van der Waals surface area contributed by atoms with Gasteiger partial charge in [-0.05, 0) is 43.3 Å². The Morgan fingerprint density at radius 2 is 1.67 bits per heavy atom. The molecule has 0 atom stereocenters. The quantitative estimate of drug-likeness (QED) is 0.609. The Kier molecular flexibility index (Phi) is 6.10. The second kappa shape index (κ2) is 8.89. The first-order valence-corrected chi connectivity index (χ1v) is 8.81. The van der Waals surface area contributed by atoms with E-state index in [1.54, 1.807) is 7.11 Å². The van der Waals surface area contributed by atoms with Crippen LogP contribution in [0.1, 0.15) is 5.82 Å². The molecular weight excluding hydrogens is 340 g/mol. The van der Waals surface area contributed by atoms with E-state index in [0.29, 0.717) is 19.0 Å². The summed E-state index contributed by atoms with van der Waals surface area (Å²) in [5.74, 6) is 3.95. The summed E-state index contributed by atoms with van der Waals surface area (Å²) in [6.07, 6.45) is 0. The molecule has 1 aromatic heterocycles. The molecule has 0 radical (unpaired) electrons. The lowest BCUT2D eigenvalue weighted by molar-refractivity contribution is 0.331. The van der Waals surface area contributed by atoms with Crippen LogP contribution >= 0.6 is 0 Å². The third-order valence-electron chi connectivity index (χ3n) is 4.05. The zero-order valence-electron chi connectivity index (χ0n) is 15.8. The summed E-state index contributed by atoms with van der Waals surface area (Å²) >= 11 is 0. The zero-order chi connectivity index (χ0) is 19.1. The lowest BCUT2D eigenvalue weighted by atomic mass is 10.3. The van der Waals surface area contributed by atoms with Gasteiger partial charge < -0.3 is 19.7 Å². The molecule has 0 aliphatic heterocycles. The van der Waals surface area contributed by atoms with Crippen molar-refractivity contribution in [2.75, 3.05) is 37.5 Å². The number of ether oxygens (including phenoxy) is 2. The molecule has 0 unspecified atom stereocenters. The molecule has 0 fully saturated rings. The maximum atomic E-state index is 5.73. The highest BCUT2D eigenvalue weighted by Gasteiger charge is 2.08. The molecule has 0 aliphatic carbocycles. The SMILES string of the molecule is COc1ccc(OCCNc2cc(N(C)c3ccccc3)nc(C)n2)cc1. The summed E-state index contributed by atoms with van der Waals surface area (Å²) < 4.78 is 10.9. The Balaban J connectivity index is 1.57. The summed E-state index contributed by atoms with van der Waals surface area (Å²) in [4.78, 5) is 11.0. The van der Waals surface area contributed by atoms with E-state index in [4.69, 9.17) is 9.47 Å². The van der Waals surface area contributed by atoms with E-state index < -0.39 is 0 Å². The fraction of sp³-hybridized carbons (Fsp3) is 0.238. The van der Waals surface area contributed by atoms with Gasteiger partial charge in [0, 0.05) is 18.8 Å². The number of nitrogens with zero attached hydrogens (tertiary/aromatic N) is 3. The van der Waals surface area contributed by atoms with Gasteiger partial charge in [0.15, 0.2) is 0 Å². The smallest absolute Gasteiger partial charge is 0.138 e. The number of para-hydroxylation sites is 1. The molecule has 6 nitrogen and oxygen atoms in total. The molecule has 0 amide bonds. The molecule has 3 aromatic rings. The van der Waals surface area contributed by atoms with Gasteiger partial charge in [0.25, 0.3) is 0 Å². The van der Waals surface area contributed by atoms with Crippen molar-refractivity contribution in [1.29, 1.82) is 0 Å². The number of hydrogen-bond acceptors (Lipinski definition) is 6.